The number of carbonyl (C=O) groups excluding carboxylic acids is 1. The number of nitrogens with one attached hydrogen (secondary N) is 1. The number of nitrogens with zero attached hydrogens (tertiary/aromatic N) is 2. The Labute approximate surface area is 213 Å². The number of nitro groups is 1. The number of hydrogen-bond acceptors (Lipinski definition) is 5. The van der Waals surface area contributed by atoms with Gasteiger partial charge < -0.3 is 10.1 Å². The number of nitro benzene ring substituents is 1. The lowest BCUT2D eigenvalue weighted by molar-refractivity contribution is -0.384. The van der Waals surface area contributed by atoms with E-state index in [1.54, 1.807) is 30.3 Å². The van der Waals surface area contributed by atoms with Crippen molar-refractivity contribution < 1.29 is 14.5 Å². The quantitative estimate of drug-likeness (QED) is 0.141. The van der Waals surface area contributed by atoms with E-state index in [9.17, 15) is 20.2 Å². The van der Waals surface area contributed by atoms with Crippen LogP contribution >= 0.6 is 31.9 Å². The average molecular weight is 585 g/mol. The number of amides is 1. The molecule has 0 aliphatic carbocycles. The molecule has 0 saturated carbocycles. The molecule has 0 aliphatic rings. The molecule has 0 atom stereocenters. The van der Waals surface area contributed by atoms with Crippen molar-refractivity contribution in [3.8, 4) is 11.8 Å². The number of rotatable bonds is 7. The van der Waals surface area contributed by atoms with Gasteiger partial charge in [-0.3, -0.25) is 14.9 Å². The van der Waals surface area contributed by atoms with Crippen LogP contribution in [0, 0.1) is 35.3 Å². The minimum Gasteiger partial charge on any atom is -0.487 e. The molecule has 0 saturated heterocycles. The summed E-state index contributed by atoms with van der Waals surface area (Å²) in [6.07, 6.45) is 1.46. The van der Waals surface area contributed by atoms with E-state index < -0.39 is 10.8 Å². The molecular formula is C25H19Br2N3O4. The van der Waals surface area contributed by atoms with Crippen LogP contribution in [0.5, 0.6) is 5.75 Å². The fraction of sp³-hybridized carbons (Fsp3) is 0.120. The SMILES string of the molecule is Cc1ccc(NC(=O)/C(C#N)=C/c2cc(Br)cc(Br)c2OCc2ccc([N+](=O)[O-])cc2)c(C)c1. The zero-order valence-corrected chi connectivity index (χ0v) is 21.4. The largest absolute Gasteiger partial charge is 0.487 e. The molecular weight excluding hydrogens is 566 g/mol. The fourth-order valence-electron chi connectivity index (χ4n) is 3.16. The molecule has 1 amide bonds. The summed E-state index contributed by atoms with van der Waals surface area (Å²) < 4.78 is 7.30. The predicted octanol–water partition coefficient (Wildman–Crippen LogP) is 6.86. The third-order valence-corrected chi connectivity index (χ3v) is 5.91. The van der Waals surface area contributed by atoms with Crippen molar-refractivity contribution in [2.45, 2.75) is 20.5 Å². The van der Waals surface area contributed by atoms with Crippen LogP contribution in [-0.2, 0) is 11.4 Å². The summed E-state index contributed by atoms with van der Waals surface area (Å²) >= 11 is 6.89. The van der Waals surface area contributed by atoms with Crippen LogP contribution in [0.15, 0.2) is 69.1 Å². The smallest absolute Gasteiger partial charge is 0.269 e. The molecule has 0 heterocycles. The zero-order chi connectivity index (χ0) is 24.8. The summed E-state index contributed by atoms with van der Waals surface area (Å²) in [7, 11) is 0. The molecule has 0 bridgehead atoms. The van der Waals surface area contributed by atoms with Gasteiger partial charge in [0.25, 0.3) is 11.6 Å². The number of nitriles is 1. The Hall–Kier alpha value is -3.48. The van der Waals surface area contributed by atoms with Crippen LogP contribution in [0.3, 0.4) is 0 Å². The number of hydrogen-bond donors (Lipinski definition) is 1. The highest BCUT2D eigenvalue weighted by Crippen LogP contribution is 2.35. The Morgan fingerprint density at radius 3 is 2.47 bits per heavy atom. The first-order chi connectivity index (χ1) is 16.2. The van der Waals surface area contributed by atoms with Crippen molar-refractivity contribution in [1.29, 1.82) is 5.26 Å². The Bertz CT molecular complexity index is 1330. The van der Waals surface area contributed by atoms with Gasteiger partial charge in [-0.1, -0.05) is 33.6 Å². The lowest BCUT2D eigenvalue weighted by Crippen LogP contribution is -2.14. The summed E-state index contributed by atoms with van der Waals surface area (Å²) in [5.74, 6) is -0.111. The first-order valence-corrected chi connectivity index (χ1v) is 11.6. The Balaban J connectivity index is 1.87. The summed E-state index contributed by atoms with van der Waals surface area (Å²) in [6.45, 7) is 3.98. The molecule has 0 fully saturated rings. The van der Waals surface area contributed by atoms with Gasteiger partial charge in [0.15, 0.2) is 0 Å². The second-order valence-electron chi connectivity index (χ2n) is 7.46. The van der Waals surface area contributed by atoms with Gasteiger partial charge in [0.05, 0.1) is 9.40 Å². The van der Waals surface area contributed by atoms with Gasteiger partial charge in [-0.05, 0) is 77.3 Å². The normalized spacial score (nSPS) is 11.0. The van der Waals surface area contributed by atoms with Crippen LogP contribution < -0.4 is 10.1 Å². The Kier molecular flexibility index (Phi) is 8.21. The Morgan fingerprint density at radius 2 is 1.85 bits per heavy atom. The van der Waals surface area contributed by atoms with Gasteiger partial charge in [-0.25, -0.2) is 0 Å². The van der Waals surface area contributed by atoms with E-state index in [1.165, 1.54) is 18.2 Å². The van der Waals surface area contributed by atoms with Crippen molar-refractivity contribution in [3.05, 3.63) is 101 Å². The molecule has 3 aromatic carbocycles. The van der Waals surface area contributed by atoms with Gasteiger partial charge >= 0.3 is 0 Å². The monoisotopic (exact) mass is 583 g/mol. The van der Waals surface area contributed by atoms with Crippen molar-refractivity contribution >= 4 is 55.2 Å². The molecule has 0 aliphatic heterocycles. The third-order valence-electron chi connectivity index (χ3n) is 4.86. The zero-order valence-electron chi connectivity index (χ0n) is 18.3. The standard InChI is InChI=1S/C25H19Br2N3O4/c1-15-3-8-23(16(2)9-15)29-25(31)19(13-28)10-18-11-20(26)12-22(27)24(18)34-14-17-4-6-21(7-5-17)30(32)33/h3-12H,14H2,1-2H3,(H,29,31)/b19-10+. The maximum atomic E-state index is 12.8. The highest BCUT2D eigenvalue weighted by molar-refractivity contribution is 9.11. The molecule has 0 unspecified atom stereocenters. The molecule has 34 heavy (non-hydrogen) atoms. The van der Waals surface area contributed by atoms with E-state index in [0.717, 1.165) is 21.2 Å². The molecule has 1 N–H and O–H groups in total. The van der Waals surface area contributed by atoms with Gasteiger partial charge in [0, 0.05) is 27.9 Å². The molecule has 7 nitrogen and oxygen atoms in total. The summed E-state index contributed by atoms with van der Waals surface area (Å²) in [4.78, 5) is 23.2. The van der Waals surface area contributed by atoms with Crippen molar-refractivity contribution in [2.75, 3.05) is 5.32 Å². The molecule has 3 aromatic rings. The lowest BCUT2D eigenvalue weighted by Gasteiger charge is -2.13. The number of non-ortho nitro benzene ring substituents is 1. The molecule has 0 aromatic heterocycles. The van der Waals surface area contributed by atoms with Gasteiger partial charge in [-0.2, -0.15) is 5.26 Å². The van der Waals surface area contributed by atoms with Crippen LogP contribution in [0.4, 0.5) is 11.4 Å². The molecule has 0 spiro atoms. The van der Waals surface area contributed by atoms with Gasteiger partial charge in [-0.15, -0.1) is 0 Å². The van der Waals surface area contributed by atoms with Crippen LogP contribution in [0.1, 0.15) is 22.3 Å². The fourth-order valence-corrected chi connectivity index (χ4v) is 4.53. The highest BCUT2D eigenvalue weighted by atomic mass is 79.9. The number of ether oxygens (including phenoxy) is 1. The maximum absolute atomic E-state index is 12.8. The minimum atomic E-state index is -0.535. The minimum absolute atomic E-state index is 0.00863. The van der Waals surface area contributed by atoms with E-state index >= 15 is 0 Å². The summed E-state index contributed by atoms with van der Waals surface area (Å²) in [5.41, 5.74) is 3.72. The first-order valence-electron chi connectivity index (χ1n) is 10.0. The van der Waals surface area contributed by atoms with E-state index in [-0.39, 0.29) is 17.9 Å². The second-order valence-corrected chi connectivity index (χ2v) is 9.23. The number of anilines is 1. The maximum Gasteiger partial charge on any atom is 0.269 e. The third kappa shape index (κ3) is 6.31. The van der Waals surface area contributed by atoms with E-state index in [1.807, 2.05) is 32.0 Å². The second kappa shape index (κ2) is 11.1. The summed E-state index contributed by atoms with van der Waals surface area (Å²) in [5, 5.41) is 23.3. The van der Waals surface area contributed by atoms with Crippen molar-refractivity contribution in [1.82, 2.24) is 0 Å². The van der Waals surface area contributed by atoms with Crippen molar-refractivity contribution in [2.24, 2.45) is 0 Å². The van der Waals surface area contributed by atoms with E-state index in [4.69, 9.17) is 4.74 Å². The Morgan fingerprint density at radius 1 is 1.15 bits per heavy atom. The first kappa shape index (κ1) is 25.1. The molecule has 172 valence electrons. The van der Waals surface area contributed by atoms with Crippen LogP contribution in [0.25, 0.3) is 6.08 Å². The number of benzene rings is 3. The lowest BCUT2D eigenvalue weighted by atomic mass is 10.1. The van der Waals surface area contributed by atoms with Crippen LogP contribution in [-0.4, -0.2) is 10.8 Å². The predicted molar refractivity (Wildman–Crippen MR) is 137 cm³/mol. The van der Waals surface area contributed by atoms with E-state index in [2.05, 4.69) is 37.2 Å². The number of carbonyl (C=O) groups is 1. The van der Waals surface area contributed by atoms with Gasteiger partial charge in [0.2, 0.25) is 0 Å². The number of aryl methyl sites for hydroxylation is 2. The highest BCUT2D eigenvalue weighted by Gasteiger charge is 2.15. The topological polar surface area (TPSA) is 105 Å². The van der Waals surface area contributed by atoms with Crippen molar-refractivity contribution in [3.63, 3.8) is 0 Å². The summed E-state index contributed by atoms with van der Waals surface area (Å²) in [6, 6.07) is 17.1. The number of halogens is 2. The average Bonchev–Trinajstić information content (AvgIpc) is 2.78. The molecule has 9 heteroatoms. The van der Waals surface area contributed by atoms with Crippen LogP contribution in [0.2, 0.25) is 0 Å². The van der Waals surface area contributed by atoms with Gasteiger partial charge in [0.1, 0.15) is 24.0 Å². The molecule has 3 rings (SSSR count). The molecule has 0 radical (unpaired) electrons. The van der Waals surface area contributed by atoms with E-state index in [0.29, 0.717) is 21.5 Å².